The molecule has 10 nitrogen and oxygen atoms in total. The molecular weight excluding hydrogens is 292 g/mol. The quantitative estimate of drug-likeness (QED) is 0.267. The van der Waals surface area contributed by atoms with E-state index < -0.39 is 68.5 Å². The van der Waals surface area contributed by atoms with Gasteiger partial charge in [0.1, 0.15) is 42.7 Å². The highest BCUT2D eigenvalue weighted by Gasteiger charge is 2.49. The molecule has 0 aromatic heterocycles. The van der Waals surface area contributed by atoms with Crippen molar-refractivity contribution >= 4 is 0 Å². The highest BCUT2D eigenvalue weighted by molar-refractivity contribution is 4.92. The number of ether oxygens (including phenoxy) is 3. The normalized spacial score (nSPS) is 51.3. The predicted molar refractivity (Wildman–Crippen MR) is 62.6 cm³/mol. The van der Waals surface area contributed by atoms with Crippen molar-refractivity contribution in [1.82, 2.24) is 0 Å². The van der Waals surface area contributed by atoms with Crippen LogP contribution in [0.4, 0.5) is 0 Å². The molecule has 2 rings (SSSR count). The van der Waals surface area contributed by atoms with Crippen molar-refractivity contribution in [3.05, 3.63) is 0 Å². The number of rotatable bonds is 4. The lowest BCUT2D eigenvalue weighted by molar-refractivity contribution is -0.320. The number of aliphatic hydroxyl groups excluding tert-OH is 7. The van der Waals surface area contributed by atoms with Gasteiger partial charge in [0, 0.05) is 0 Å². The third-order valence-electron chi connectivity index (χ3n) is 3.63. The zero-order valence-electron chi connectivity index (χ0n) is 11.0. The molecule has 0 unspecified atom stereocenters. The summed E-state index contributed by atoms with van der Waals surface area (Å²) in [7, 11) is 0. The maximum atomic E-state index is 9.87. The van der Waals surface area contributed by atoms with Crippen molar-refractivity contribution < 1.29 is 50.0 Å². The summed E-state index contributed by atoms with van der Waals surface area (Å²) in [6.07, 6.45) is -12.8. The fourth-order valence-electron chi connectivity index (χ4n) is 2.37. The first-order chi connectivity index (χ1) is 9.90. The molecule has 0 aliphatic carbocycles. The Balaban J connectivity index is 2.06. The lowest BCUT2D eigenvalue weighted by Crippen LogP contribution is -2.60. The minimum Gasteiger partial charge on any atom is -0.394 e. The topological polar surface area (TPSA) is 169 Å². The molecule has 2 fully saturated rings. The Morgan fingerprint density at radius 2 is 1.33 bits per heavy atom. The van der Waals surface area contributed by atoms with E-state index in [0.717, 1.165) is 0 Å². The Kier molecular flexibility index (Phi) is 5.48. The minimum absolute atomic E-state index is 0.549. The maximum absolute atomic E-state index is 9.87. The average molecular weight is 312 g/mol. The van der Waals surface area contributed by atoms with Gasteiger partial charge in [0.25, 0.3) is 0 Å². The third kappa shape index (κ3) is 3.19. The van der Waals surface area contributed by atoms with Crippen LogP contribution < -0.4 is 0 Å². The Labute approximate surface area is 119 Å². The molecule has 10 heteroatoms. The molecule has 9 atom stereocenters. The lowest BCUT2D eigenvalue weighted by atomic mass is 9.99. The van der Waals surface area contributed by atoms with Gasteiger partial charge in [-0.05, 0) is 0 Å². The Morgan fingerprint density at radius 3 is 1.86 bits per heavy atom. The first-order valence-corrected chi connectivity index (χ1v) is 6.49. The number of hydrogen-bond donors (Lipinski definition) is 7. The standard InChI is InChI=1S/C11H20O10/c12-1-3-5(14)8(17)11(20-3)21-9-4(2-13)19-10(18)7(16)6(9)15/h3-18H,1-2H2/t3-,4-,5-,6-,7-,8-,9+,10+,11+/m1/s1. The average Bonchev–Trinajstić information content (AvgIpc) is 2.75. The molecule has 0 bridgehead atoms. The second kappa shape index (κ2) is 6.79. The fourth-order valence-corrected chi connectivity index (χ4v) is 2.37. The van der Waals surface area contributed by atoms with Gasteiger partial charge in [-0.2, -0.15) is 0 Å². The zero-order valence-corrected chi connectivity index (χ0v) is 11.0. The monoisotopic (exact) mass is 312 g/mol. The van der Waals surface area contributed by atoms with Gasteiger partial charge in [0.05, 0.1) is 13.2 Å². The Morgan fingerprint density at radius 1 is 0.714 bits per heavy atom. The molecule has 2 heterocycles. The molecule has 0 spiro atoms. The molecule has 0 aromatic rings. The molecule has 124 valence electrons. The third-order valence-corrected chi connectivity index (χ3v) is 3.63. The number of aliphatic hydroxyl groups is 7. The molecule has 2 saturated heterocycles. The lowest BCUT2D eigenvalue weighted by Gasteiger charge is -2.41. The van der Waals surface area contributed by atoms with Crippen molar-refractivity contribution in [2.75, 3.05) is 13.2 Å². The smallest absolute Gasteiger partial charge is 0.187 e. The summed E-state index contributed by atoms with van der Waals surface area (Å²) >= 11 is 0. The van der Waals surface area contributed by atoms with E-state index in [9.17, 15) is 30.6 Å². The molecule has 0 aromatic carbocycles. The second-order valence-electron chi connectivity index (χ2n) is 5.04. The van der Waals surface area contributed by atoms with Crippen LogP contribution in [-0.2, 0) is 14.2 Å². The highest BCUT2D eigenvalue weighted by Crippen LogP contribution is 2.28. The van der Waals surface area contributed by atoms with Crippen LogP contribution in [0.25, 0.3) is 0 Å². The Hall–Kier alpha value is -0.400. The molecule has 7 N–H and O–H groups in total. The molecule has 2 aliphatic rings. The van der Waals surface area contributed by atoms with E-state index in [-0.39, 0.29) is 0 Å². The molecular formula is C11H20O10. The van der Waals surface area contributed by atoms with E-state index in [1.54, 1.807) is 0 Å². The first-order valence-electron chi connectivity index (χ1n) is 6.49. The van der Waals surface area contributed by atoms with E-state index in [2.05, 4.69) is 0 Å². The van der Waals surface area contributed by atoms with Gasteiger partial charge in [-0.1, -0.05) is 0 Å². The van der Waals surface area contributed by atoms with Crippen molar-refractivity contribution in [1.29, 1.82) is 0 Å². The van der Waals surface area contributed by atoms with Gasteiger partial charge >= 0.3 is 0 Å². The fraction of sp³-hybridized carbons (Fsp3) is 1.00. The molecule has 0 amide bonds. The van der Waals surface area contributed by atoms with Crippen molar-refractivity contribution in [3.63, 3.8) is 0 Å². The van der Waals surface area contributed by atoms with Gasteiger partial charge in [0.15, 0.2) is 12.6 Å². The summed E-state index contributed by atoms with van der Waals surface area (Å²) in [6, 6.07) is 0. The first kappa shape index (κ1) is 17.0. The van der Waals surface area contributed by atoms with Crippen molar-refractivity contribution in [3.8, 4) is 0 Å². The van der Waals surface area contributed by atoms with Gasteiger partial charge in [-0.15, -0.1) is 0 Å². The number of hydrogen-bond acceptors (Lipinski definition) is 10. The maximum Gasteiger partial charge on any atom is 0.187 e. The van der Waals surface area contributed by atoms with Gasteiger partial charge in [-0.25, -0.2) is 0 Å². The predicted octanol–water partition coefficient (Wildman–Crippen LogP) is -4.76. The molecule has 0 radical (unpaired) electrons. The van der Waals surface area contributed by atoms with Crippen molar-refractivity contribution in [2.24, 2.45) is 0 Å². The van der Waals surface area contributed by atoms with Gasteiger partial charge < -0.3 is 50.0 Å². The minimum atomic E-state index is -1.69. The van der Waals surface area contributed by atoms with Crippen LogP contribution in [0.1, 0.15) is 0 Å². The molecule has 21 heavy (non-hydrogen) atoms. The van der Waals surface area contributed by atoms with Crippen LogP contribution in [0.3, 0.4) is 0 Å². The largest absolute Gasteiger partial charge is 0.394 e. The second-order valence-corrected chi connectivity index (χ2v) is 5.04. The summed E-state index contributed by atoms with van der Waals surface area (Å²) in [4.78, 5) is 0. The van der Waals surface area contributed by atoms with Crippen LogP contribution in [-0.4, -0.2) is 104 Å². The van der Waals surface area contributed by atoms with Crippen LogP contribution >= 0.6 is 0 Å². The summed E-state index contributed by atoms with van der Waals surface area (Å²) in [5.41, 5.74) is 0. The van der Waals surface area contributed by atoms with Crippen molar-refractivity contribution in [2.45, 2.75) is 55.3 Å². The zero-order chi connectivity index (χ0) is 15.7. The SMILES string of the molecule is OC[C@H]1O[C@@H](O[C@@H]2[C@H](O)[C@@H](O)[C@@H](O)O[C@@H]2CO)[C@H](O)[C@@H]1O. The van der Waals surface area contributed by atoms with Gasteiger partial charge in [-0.3, -0.25) is 0 Å². The van der Waals surface area contributed by atoms with Crippen LogP contribution in [0.5, 0.6) is 0 Å². The van der Waals surface area contributed by atoms with E-state index in [1.807, 2.05) is 0 Å². The van der Waals surface area contributed by atoms with Crippen LogP contribution in [0.15, 0.2) is 0 Å². The summed E-state index contributed by atoms with van der Waals surface area (Å²) < 4.78 is 15.2. The van der Waals surface area contributed by atoms with Gasteiger partial charge in [0.2, 0.25) is 0 Å². The van der Waals surface area contributed by atoms with E-state index in [0.29, 0.717) is 0 Å². The van der Waals surface area contributed by atoms with Crippen LogP contribution in [0, 0.1) is 0 Å². The summed E-state index contributed by atoms with van der Waals surface area (Å²) in [6.45, 7) is -1.17. The van der Waals surface area contributed by atoms with Crippen LogP contribution in [0.2, 0.25) is 0 Å². The van der Waals surface area contributed by atoms with E-state index >= 15 is 0 Å². The van der Waals surface area contributed by atoms with E-state index in [4.69, 9.17) is 19.3 Å². The molecule has 0 saturated carbocycles. The Bertz CT molecular complexity index is 339. The highest BCUT2D eigenvalue weighted by atomic mass is 16.7. The summed E-state index contributed by atoms with van der Waals surface area (Å²) in [5.74, 6) is 0. The summed E-state index contributed by atoms with van der Waals surface area (Å²) in [5, 5.41) is 66.2. The molecule has 2 aliphatic heterocycles. The van der Waals surface area contributed by atoms with E-state index in [1.165, 1.54) is 0 Å².